The number of para-hydroxylation sites is 2. The number of aromatic amines is 1. The molecule has 0 saturated heterocycles. The number of halogens is 1. The minimum absolute atomic E-state index is 0.676. The molecular formula is C29H29ClN6. The lowest BCUT2D eigenvalue weighted by Crippen LogP contribution is -2.15. The van der Waals surface area contributed by atoms with Crippen LogP contribution >= 0.6 is 11.6 Å². The van der Waals surface area contributed by atoms with E-state index < -0.39 is 0 Å². The number of H-pyrrole nitrogens is 1. The summed E-state index contributed by atoms with van der Waals surface area (Å²) in [5.74, 6) is 2.45. The van der Waals surface area contributed by atoms with Crippen LogP contribution in [0, 0.1) is 5.92 Å². The van der Waals surface area contributed by atoms with Gasteiger partial charge in [-0.2, -0.15) is 0 Å². The number of imidazole rings is 1. The van der Waals surface area contributed by atoms with E-state index in [1.807, 2.05) is 6.07 Å². The van der Waals surface area contributed by atoms with Gasteiger partial charge in [0.1, 0.15) is 5.82 Å². The van der Waals surface area contributed by atoms with E-state index in [9.17, 15) is 0 Å². The average molecular weight is 497 g/mol. The number of hydrogen-bond donors (Lipinski definition) is 1. The third-order valence-corrected chi connectivity index (χ3v) is 7.62. The lowest BCUT2D eigenvalue weighted by molar-refractivity contribution is 0.323. The van der Waals surface area contributed by atoms with Crippen molar-refractivity contribution in [3.63, 3.8) is 0 Å². The first-order valence-corrected chi connectivity index (χ1v) is 13.2. The summed E-state index contributed by atoms with van der Waals surface area (Å²) in [4.78, 5) is 5.13. The molecule has 2 aromatic heterocycles. The summed E-state index contributed by atoms with van der Waals surface area (Å²) in [7, 11) is 0. The molecule has 1 fully saturated rings. The second kappa shape index (κ2) is 10.2. The highest BCUT2D eigenvalue weighted by molar-refractivity contribution is 6.30. The normalized spacial score (nSPS) is 14.5. The number of fused-ring (bicyclic) bond motifs is 1. The summed E-state index contributed by atoms with van der Waals surface area (Å²) in [5.41, 5.74) is 6.91. The molecule has 0 atom stereocenters. The van der Waals surface area contributed by atoms with Gasteiger partial charge in [0.15, 0.2) is 5.82 Å². The molecule has 0 bridgehead atoms. The van der Waals surface area contributed by atoms with E-state index in [4.69, 9.17) is 16.6 Å². The number of tetrazole rings is 1. The van der Waals surface area contributed by atoms with Crippen molar-refractivity contribution in [2.75, 3.05) is 0 Å². The van der Waals surface area contributed by atoms with E-state index in [0.717, 1.165) is 41.3 Å². The third-order valence-electron chi connectivity index (χ3n) is 7.38. The van der Waals surface area contributed by atoms with Crippen LogP contribution in [0.3, 0.4) is 0 Å². The van der Waals surface area contributed by atoms with Crippen molar-refractivity contribution in [2.45, 2.75) is 51.5 Å². The minimum Gasteiger partial charge on any atom is -0.324 e. The molecule has 1 aliphatic rings. The Morgan fingerprint density at radius 2 is 1.75 bits per heavy atom. The Kier molecular flexibility index (Phi) is 6.51. The van der Waals surface area contributed by atoms with Gasteiger partial charge >= 0.3 is 0 Å². The summed E-state index contributed by atoms with van der Waals surface area (Å²) in [5, 5.41) is 14.9. The molecule has 6 rings (SSSR count). The van der Waals surface area contributed by atoms with Gasteiger partial charge in [0.05, 0.1) is 11.0 Å². The molecule has 2 heterocycles. The Morgan fingerprint density at radius 1 is 0.917 bits per heavy atom. The number of aromatic nitrogens is 6. The molecule has 5 aromatic rings. The van der Waals surface area contributed by atoms with E-state index in [-0.39, 0.29) is 0 Å². The Hall–Kier alpha value is -3.51. The standard InChI is InChI=1S/C29H29ClN6/c30-24-16-17-25(23(18-24)15-12-20-10-13-22(14-11-20)28-32-34-35-33-28)29-31-26-8-4-5-9-27(26)36(29)19-21-6-2-1-3-7-21/h4-5,8-11,13-14,16-18,21H,1-3,6-7,12,15,19H2,(H,32,33,34,35). The number of nitrogens with zero attached hydrogens (tertiary/aromatic N) is 5. The highest BCUT2D eigenvalue weighted by atomic mass is 35.5. The van der Waals surface area contributed by atoms with E-state index >= 15 is 0 Å². The summed E-state index contributed by atoms with van der Waals surface area (Å²) in [6, 6.07) is 23.2. The average Bonchev–Trinajstić information content (AvgIpc) is 3.58. The highest BCUT2D eigenvalue weighted by Gasteiger charge is 2.20. The molecule has 0 spiro atoms. The van der Waals surface area contributed by atoms with E-state index in [1.165, 1.54) is 54.3 Å². The van der Waals surface area contributed by atoms with Crippen LogP contribution in [0.5, 0.6) is 0 Å². The van der Waals surface area contributed by atoms with Crippen LogP contribution in [0.2, 0.25) is 5.02 Å². The van der Waals surface area contributed by atoms with Gasteiger partial charge in [-0.15, -0.1) is 5.10 Å². The predicted octanol–water partition coefficient (Wildman–Crippen LogP) is 6.90. The van der Waals surface area contributed by atoms with Gasteiger partial charge in [0, 0.05) is 22.7 Å². The van der Waals surface area contributed by atoms with Crippen molar-refractivity contribution >= 4 is 22.6 Å². The van der Waals surface area contributed by atoms with Gasteiger partial charge in [-0.05, 0) is 83.5 Å². The number of benzene rings is 3. The number of rotatable bonds is 7. The molecule has 1 aliphatic carbocycles. The molecule has 1 N–H and O–H groups in total. The van der Waals surface area contributed by atoms with Gasteiger partial charge < -0.3 is 4.57 Å². The molecule has 7 heteroatoms. The molecule has 0 aliphatic heterocycles. The molecule has 1 saturated carbocycles. The summed E-state index contributed by atoms with van der Waals surface area (Å²) >= 11 is 6.49. The maximum atomic E-state index is 6.49. The van der Waals surface area contributed by atoms with E-state index in [1.54, 1.807) is 0 Å². The lowest BCUT2D eigenvalue weighted by Gasteiger charge is -2.23. The quantitative estimate of drug-likeness (QED) is 0.266. The molecular weight excluding hydrogens is 468 g/mol. The van der Waals surface area contributed by atoms with Crippen molar-refractivity contribution in [1.82, 2.24) is 30.2 Å². The van der Waals surface area contributed by atoms with Crippen LogP contribution < -0.4 is 0 Å². The fraction of sp³-hybridized carbons (Fsp3) is 0.310. The zero-order valence-corrected chi connectivity index (χ0v) is 21.0. The number of hydrogen-bond acceptors (Lipinski definition) is 4. The van der Waals surface area contributed by atoms with E-state index in [0.29, 0.717) is 11.7 Å². The summed E-state index contributed by atoms with van der Waals surface area (Å²) < 4.78 is 2.46. The fourth-order valence-corrected chi connectivity index (χ4v) is 5.67. The summed E-state index contributed by atoms with van der Waals surface area (Å²) in [6.07, 6.45) is 8.44. The van der Waals surface area contributed by atoms with Crippen molar-refractivity contribution in [3.05, 3.63) is 82.9 Å². The molecule has 3 aromatic carbocycles. The highest BCUT2D eigenvalue weighted by Crippen LogP contribution is 2.33. The third kappa shape index (κ3) is 4.78. The van der Waals surface area contributed by atoms with Crippen LogP contribution in [-0.2, 0) is 19.4 Å². The van der Waals surface area contributed by atoms with Crippen LogP contribution in [-0.4, -0.2) is 30.2 Å². The number of nitrogens with one attached hydrogen (secondary N) is 1. The predicted molar refractivity (Wildman–Crippen MR) is 144 cm³/mol. The first-order valence-electron chi connectivity index (χ1n) is 12.8. The van der Waals surface area contributed by atoms with Gasteiger partial charge in [0.25, 0.3) is 0 Å². The monoisotopic (exact) mass is 496 g/mol. The Labute approximate surface area is 215 Å². The summed E-state index contributed by atoms with van der Waals surface area (Å²) in [6.45, 7) is 1.02. The first kappa shape index (κ1) is 22.9. The maximum absolute atomic E-state index is 6.49. The van der Waals surface area contributed by atoms with Crippen LogP contribution in [0.25, 0.3) is 33.8 Å². The minimum atomic E-state index is 0.676. The molecule has 0 amide bonds. The second-order valence-electron chi connectivity index (χ2n) is 9.79. The van der Waals surface area contributed by atoms with Gasteiger partial charge in [-0.25, -0.2) is 10.1 Å². The van der Waals surface area contributed by atoms with Crippen molar-refractivity contribution in [1.29, 1.82) is 0 Å². The van der Waals surface area contributed by atoms with Gasteiger partial charge in [0.2, 0.25) is 0 Å². The zero-order chi connectivity index (χ0) is 24.3. The van der Waals surface area contributed by atoms with Gasteiger partial charge in [-0.1, -0.05) is 67.3 Å². The fourth-order valence-electron chi connectivity index (χ4n) is 5.47. The van der Waals surface area contributed by atoms with Crippen molar-refractivity contribution in [3.8, 4) is 22.8 Å². The molecule has 6 nitrogen and oxygen atoms in total. The SMILES string of the molecule is Clc1ccc(-c2nc3ccccc3n2CC2CCCCC2)c(CCc2ccc(-c3nnn[nH]3)cc2)c1. The number of aryl methyl sites for hydroxylation is 2. The Balaban J connectivity index is 1.31. The van der Waals surface area contributed by atoms with Gasteiger partial charge in [-0.3, -0.25) is 0 Å². The Bertz CT molecular complexity index is 1450. The molecule has 0 unspecified atom stereocenters. The molecule has 36 heavy (non-hydrogen) atoms. The smallest absolute Gasteiger partial charge is 0.179 e. The van der Waals surface area contributed by atoms with E-state index in [2.05, 4.69) is 85.9 Å². The van der Waals surface area contributed by atoms with Crippen molar-refractivity contribution in [2.24, 2.45) is 5.92 Å². The Morgan fingerprint density at radius 3 is 2.56 bits per heavy atom. The van der Waals surface area contributed by atoms with Crippen molar-refractivity contribution < 1.29 is 0 Å². The second-order valence-corrected chi connectivity index (χ2v) is 10.2. The topological polar surface area (TPSA) is 72.3 Å². The van der Waals surface area contributed by atoms with Crippen LogP contribution in [0.4, 0.5) is 0 Å². The molecule has 0 radical (unpaired) electrons. The lowest BCUT2D eigenvalue weighted by atomic mass is 9.89. The largest absolute Gasteiger partial charge is 0.324 e. The zero-order valence-electron chi connectivity index (χ0n) is 20.2. The molecule has 182 valence electrons. The van der Waals surface area contributed by atoms with Crippen LogP contribution in [0.15, 0.2) is 66.7 Å². The van der Waals surface area contributed by atoms with Crippen LogP contribution in [0.1, 0.15) is 43.2 Å². The first-order chi connectivity index (χ1) is 17.7. The maximum Gasteiger partial charge on any atom is 0.179 e.